The van der Waals surface area contributed by atoms with Crippen LogP contribution in [0.15, 0.2) is 6.07 Å². The Morgan fingerprint density at radius 3 is 2.50 bits per heavy atom. The van der Waals surface area contributed by atoms with E-state index in [0.29, 0.717) is 10.7 Å². The number of rotatable bonds is 2. The number of hydrogen-bond donors (Lipinski definition) is 0. The molecule has 0 amide bonds. The van der Waals surface area contributed by atoms with Crippen molar-refractivity contribution in [1.29, 1.82) is 0 Å². The van der Waals surface area contributed by atoms with Crippen molar-refractivity contribution in [3.8, 4) is 0 Å². The number of halogens is 3. The average molecular weight is 209 g/mol. The van der Waals surface area contributed by atoms with Crippen LogP contribution in [0.4, 0.5) is 19.0 Å². The summed E-state index contributed by atoms with van der Waals surface area (Å²) in [7, 11) is 0. The fourth-order valence-electron chi connectivity index (χ4n) is 0.925. The highest BCUT2D eigenvalue weighted by atomic mass is 19.4. The van der Waals surface area contributed by atoms with E-state index in [-0.39, 0.29) is 6.54 Å². The van der Waals surface area contributed by atoms with Crippen LogP contribution in [-0.2, 0) is 12.7 Å². The lowest BCUT2D eigenvalue weighted by molar-refractivity contribution is -0.392. The summed E-state index contributed by atoms with van der Waals surface area (Å²) in [6.07, 6.45) is -4.65. The summed E-state index contributed by atoms with van der Waals surface area (Å²) in [6.45, 7) is 1.49. The normalized spacial score (nSPS) is 11.7. The molecule has 0 aliphatic heterocycles. The van der Waals surface area contributed by atoms with Crippen LogP contribution in [0.1, 0.15) is 12.6 Å². The zero-order chi connectivity index (χ0) is 10.9. The van der Waals surface area contributed by atoms with Crippen molar-refractivity contribution < 1.29 is 18.1 Å². The minimum atomic E-state index is -4.65. The molecule has 0 atom stereocenters. The Morgan fingerprint density at radius 1 is 1.64 bits per heavy atom. The van der Waals surface area contributed by atoms with Crippen molar-refractivity contribution >= 4 is 5.82 Å². The van der Waals surface area contributed by atoms with Gasteiger partial charge < -0.3 is 10.1 Å². The second kappa shape index (κ2) is 3.28. The average Bonchev–Trinajstić information content (AvgIpc) is 2.45. The standard InChI is InChI=1S/C6H6F3N3O2/c1-2-11-5(12(13)14)3-4(10-11)6(7,8)9/h3H,2H2,1H3. The van der Waals surface area contributed by atoms with Gasteiger partial charge in [0, 0.05) is 0 Å². The topological polar surface area (TPSA) is 61.0 Å². The maximum absolute atomic E-state index is 12.1. The van der Waals surface area contributed by atoms with E-state index in [1.165, 1.54) is 6.92 Å². The molecule has 1 aromatic rings. The minimum Gasteiger partial charge on any atom is -0.358 e. The van der Waals surface area contributed by atoms with Crippen LogP contribution < -0.4 is 0 Å². The van der Waals surface area contributed by atoms with Crippen molar-refractivity contribution in [3.63, 3.8) is 0 Å². The molecule has 8 heteroatoms. The van der Waals surface area contributed by atoms with Gasteiger partial charge in [0.15, 0.2) is 5.69 Å². The SMILES string of the molecule is CCn1nc(C(F)(F)F)cc1[N+](=O)[O-]. The maximum Gasteiger partial charge on any atom is 0.437 e. The highest BCUT2D eigenvalue weighted by Crippen LogP contribution is 2.30. The Morgan fingerprint density at radius 2 is 2.21 bits per heavy atom. The molecule has 5 nitrogen and oxygen atoms in total. The highest BCUT2D eigenvalue weighted by Gasteiger charge is 2.37. The molecular weight excluding hydrogens is 203 g/mol. The van der Waals surface area contributed by atoms with Crippen LogP contribution in [0.3, 0.4) is 0 Å². The fourth-order valence-corrected chi connectivity index (χ4v) is 0.925. The van der Waals surface area contributed by atoms with E-state index in [4.69, 9.17) is 0 Å². The summed E-state index contributed by atoms with van der Waals surface area (Å²) in [5.41, 5.74) is -1.24. The summed E-state index contributed by atoms with van der Waals surface area (Å²) in [6, 6.07) is 0.420. The van der Waals surface area contributed by atoms with E-state index in [1.54, 1.807) is 0 Å². The van der Waals surface area contributed by atoms with Crippen LogP contribution in [-0.4, -0.2) is 14.7 Å². The molecule has 1 rings (SSSR count). The third-order valence-electron chi connectivity index (χ3n) is 1.54. The Labute approximate surface area is 76.3 Å². The molecule has 1 heterocycles. The van der Waals surface area contributed by atoms with E-state index in [9.17, 15) is 23.3 Å². The molecule has 0 aromatic carbocycles. The van der Waals surface area contributed by atoms with Crippen molar-refractivity contribution in [2.45, 2.75) is 19.6 Å². The largest absolute Gasteiger partial charge is 0.437 e. The van der Waals surface area contributed by atoms with Gasteiger partial charge in [-0.1, -0.05) is 5.10 Å². The van der Waals surface area contributed by atoms with Gasteiger partial charge >= 0.3 is 12.0 Å². The molecule has 0 unspecified atom stereocenters. The molecule has 78 valence electrons. The Bertz CT molecular complexity index is 358. The minimum absolute atomic E-state index is 0.0202. The molecule has 0 aliphatic carbocycles. The van der Waals surface area contributed by atoms with Crippen LogP contribution >= 0.6 is 0 Å². The zero-order valence-electron chi connectivity index (χ0n) is 7.08. The molecule has 0 spiro atoms. The van der Waals surface area contributed by atoms with Crippen molar-refractivity contribution in [3.05, 3.63) is 21.9 Å². The fraction of sp³-hybridized carbons (Fsp3) is 0.500. The number of hydrogen-bond acceptors (Lipinski definition) is 3. The zero-order valence-corrected chi connectivity index (χ0v) is 7.08. The van der Waals surface area contributed by atoms with Gasteiger partial charge in [0.2, 0.25) is 0 Å². The maximum atomic E-state index is 12.1. The molecule has 0 fully saturated rings. The summed E-state index contributed by atoms with van der Waals surface area (Å²) in [4.78, 5) is 9.40. The number of nitrogens with zero attached hydrogens (tertiary/aromatic N) is 3. The highest BCUT2D eigenvalue weighted by molar-refractivity contribution is 5.24. The molecule has 0 radical (unpaired) electrons. The molecule has 0 N–H and O–H groups in total. The predicted molar refractivity (Wildman–Crippen MR) is 39.6 cm³/mol. The predicted octanol–water partition coefficient (Wildman–Crippen LogP) is 1.83. The quantitative estimate of drug-likeness (QED) is 0.551. The smallest absolute Gasteiger partial charge is 0.358 e. The van der Waals surface area contributed by atoms with Gasteiger partial charge in [-0.2, -0.15) is 13.2 Å². The number of nitro groups is 1. The van der Waals surface area contributed by atoms with Crippen LogP contribution in [0, 0.1) is 10.1 Å². The first-order valence-electron chi connectivity index (χ1n) is 3.65. The van der Waals surface area contributed by atoms with Crippen molar-refractivity contribution in [2.75, 3.05) is 0 Å². The monoisotopic (exact) mass is 209 g/mol. The van der Waals surface area contributed by atoms with Crippen molar-refractivity contribution in [1.82, 2.24) is 9.78 Å². The van der Waals surface area contributed by atoms with Gasteiger partial charge in [-0.05, 0) is 11.8 Å². The number of aromatic nitrogens is 2. The number of aryl methyl sites for hydroxylation is 1. The summed E-state index contributed by atoms with van der Waals surface area (Å²) < 4.78 is 36.9. The van der Waals surface area contributed by atoms with Gasteiger partial charge in [-0.3, -0.25) is 0 Å². The van der Waals surface area contributed by atoms with Gasteiger partial charge in [0.05, 0.1) is 6.07 Å². The first kappa shape index (κ1) is 10.5. The lowest BCUT2D eigenvalue weighted by Crippen LogP contribution is -2.07. The second-order valence-corrected chi connectivity index (χ2v) is 2.46. The first-order chi connectivity index (χ1) is 6.36. The summed E-state index contributed by atoms with van der Waals surface area (Å²) in [5, 5.41) is 13.4. The van der Waals surface area contributed by atoms with Crippen molar-refractivity contribution in [2.24, 2.45) is 0 Å². The van der Waals surface area contributed by atoms with Gasteiger partial charge in [-0.15, -0.1) is 4.68 Å². The van der Waals surface area contributed by atoms with Gasteiger partial charge in [0.1, 0.15) is 6.54 Å². The Balaban J connectivity index is 3.20. The van der Waals surface area contributed by atoms with Gasteiger partial charge in [0.25, 0.3) is 0 Å². The van der Waals surface area contributed by atoms with Crippen LogP contribution in [0.2, 0.25) is 0 Å². The second-order valence-electron chi connectivity index (χ2n) is 2.46. The third kappa shape index (κ3) is 1.83. The molecule has 1 aromatic heterocycles. The van der Waals surface area contributed by atoms with E-state index in [1.807, 2.05) is 0 Å². The summed E-state index contributed by atoms with van der Waals surface area (Å²) >= 11 is 0. The first-order valence-corrected chi connectivity index (χ1v) is 3.65. The molecular formula is C6H6F3N3O2. The van der Waals surface area contributed by atoms with E-state index in [2.05, 4.69) is 5.10 Å². The molecule has 0 saturated carbocycles. The molecule has 0 aliphatic rings. The summed E-state index contributed by atoms with van der Waals surface area (Å²) in [5.74, 6) is -0.653. The Kier molecular flexibility index (Phi) is 2.45. The third-order valence-corrected chi connectivity index (χ3v) is 1.54. The molecule has 0 bridgehead atoms. The molecule has 14 heavy (non-hydrogen) atoms. The van der Waals surface area contributed by atoms with E-state index >= 15 is 0 Å². The number of alkyl halides is 3. The van der Waals surface area contributed by atoms with E-state index in [0.717, 1.165) is 0 Å². The van der Waals surface area contributed by atoms with Crippen LogP contribution in [0.5, 0.6) is 0 Å². The van der Waals surface area contributed by atoms with Crippen LogP contribution in [0.25, 0.3) is 0 Å². The Hall–Kier alpha value is -1.60. The lowest BCUT2D eigenvalue weighted by atomic mass is 10.4. The lowest BCUT2D eigenvalue weighted by Gasteiger charge is -1.97. The molecule has 0 saturated heterocycles. The van der Waals surface area contributed by atoms with Gasteiger partial charge in [-0.25, -0.2) is 0 Å². The van der Waals surface area contributed by atoms with E-state index < -0.39 is 22.6 Å².